The molecule has 0 saturated heterocycles. The summed E-state index contributed by atoms with van der Waals surface area (Å²) in [5.74, 6) is 0.456. The van der Waals surface area contributed by atoms with Crippen molar-refractivity contribution < 1.29 is 9.53 Å². The summed E-state index contributed by atoms with van der Waals surface area (Å²) < 4.78 is 6.40. The van der Waals surface area contributed by atoms with Gasteiger partial charge in [0.25, 0.3) is 0 Å². The van der Waals surface area contributed by atoms with E-state index in [1.807, 2.05) is 0 Å². The first-order valence-electron chi connectivity index (χ1n) is 10.1. The van der Waals surface area contributed by atoms with Crippen molar-refractivity contribution in [3.63, 3.8) is 0 Å². The summed E-state index contributed by atoms with van der Waals surface area (Å²) in [7, 11) is 4.29. The number of aryl methyl sites for hydroxylation is 1. The van der Waals surface area contributed by atoms with Gasteiger partial charge in [-0.1, -0.05) is 0 Å². The maximum atomic E-state index is 11.5. The van der Waals surface area contributed by atoms with Crippen molar-refractivity contribution in [2.24, 2.45) is 11.5 Å². The largest absolute Gasteiger partial charge is 0.474 e. The number of fused-ring (bicyclic) bond motifs is 3. The van der Waals surface area contributed by atoms with Gasteiger partial charge >= 0.3 is 0 Å². The number of hydrogen-bond acceptors (Lipinski definition) is 7. The number of thiophene rings is 1. The predicted octanol–water partition coefficient (Wildman–Crippen LogP) is 2.18. The van der Waals surface area contributed by atoms with Crippen molar-refractivity contribution >= 4 is 27.5 Å². The molecule has 1 fully saturated rings. The number of nitrogens with two attached hydrogens (primary N) is 2. The van der Waals surface area contributed by atoms with Crippen molar-refractivity contribution in [1.29, 1.82) is 0 Å². The lowest BCUT2D eigenvalue weighted by molar-refractivity contribution is -0.119. The van der Waals surface area contributed by atoms with Crippen molar-refractivity contribution in [2.45, 2.75) is 69.1 Å². The topological polar surface area (TPSA) is 107 Å². The van der Waals surface area contributed by atoms with E-state index in [4.69, 9.17) is 16.2 Å². The van der Waals surface area contributed by atoms with Crippen molar-refractivity contribution in [3.8, 4) is 5.88 Å². The molecule has 0 unspecified atom stereocenters. The molecule has 7 nitrogen and oxygen atoms in total. The van der Waals surface area contributed by atoms with Gasteiger partial charge in [0.05, 0.1) is 11.4 Å². The van der Waals surface area contributed by atoms with Gasteiger partial charge in [-0.15, -0.1) is 11.3 Å². The normalized spacial score (nSPS) is 25.8. The van der Waals surface area contributed by atoms with Crippen LogP contribution in [0.4, 0.5) is 0 Å². The van der Waals surface area contributed by atoms with Crippen molar-refractivity contribution in [3.05, 3.63) is 16.8 Å². The fourth-order valence-corrected chi connectivity index (χ4v) is 5.86. The highest BCUT2D eigenvalue weighted by molar-refractivity contribution is 7.19. The van der Waals surface area contributed by atoms with E-state index in [-0.39, 0.29) is 12.0 Å². The van der Waals surface area contributed by atoms with E-state index in [0.717, 1.165) is 48.7 Å². The Balaban J connectivity index is 1.58. The first-order valence-corrected chi connectivity index (χ1v) is 10.9. The van der Waals surface area contributed by atoms with Crippen LogP contribution >= 0.6 is 11.3 Å². The van der Waals surface area contributed by atoms with E-state index >= 15 is 0 Å². The molecule has 0 aliphatic heterocycles. The zero-order valence-corrected chi connectivity index (χ0v) is 17.4. The zero-order valence-electron chi connectivity index (χ0n) is 16.6. The number of carbonyl (C=O) groups excluding carboxylic acids is 1. The maximum Gasteiger partial charge on any atom is 0.234 e. The fourth-order valence-electron chi connectivity index (χ4n) is 4.63. The lowest BCUT2D eigenvalue weighted by atomic mass is 9.92. The Labute approximate surface area is 169 Å². The Morgan fingerprint density at radius 3 is 2.71 bits per heavy atom. The van der Waals surface area contributed by atoms with Crippen LogP contribution < -0.4 is 16.2 Å². The van der Waals surface area contributed by atoms with Gasteiger partial charge in [0.15, 0.2) is 0 Å². The van der Waals surface area contributed by atoms with E-state index in [0.29, 0.717) is 18.3 Å². The molecule has 2 aliphatic carbocycles. The van der Waals surface area contributed by atoms with Crippen LogP contribution in [0.2, 0.25) is 0 Å². The number of nitrogens with zero attached hydrogens (tertiary/aromatic N) is 3. The Morgan fingerprint density at radius 2 is 2.04 bits per heavy atom. The molecule has 0 radical (unpaired) electrons. The molecule has 152 valence electrons. The van der Waals surface area contributed by atoms with Crippen LogP contribution in [0.5, 0.6) is 5.88 Å². The molecule has 0 bridgehead atoms. The third-order valence-corrected chi connectivity index (χ3v) is 7.42. The van der Waals surface area contributed by atoms with Crippen LogP contribution in [0.3, 0.4) is 0 Å². The third-order valence-electron chi connectivity index (χ3n) is 6.25. The molecule has 4 N–H and O–H groups in total. The van der Waals surface area contributed by atoms with Crippen LogP contribution in [0.1, 0.15) is 54.9 Å². The number of rotatable bonds is 6. The maximum absolute atomic E-state index is 11.5. The molecule has 1 saturated carbocycles. The number of ether oxygens (including phenoxy) is 1. The summed E-state index contributed by atoms with van der Waals surface area (Å²) in [5, 5.41) is 1.02. The Morgan fingerprint density at radius 1 is 1.29 bits per heavy atom. The highest BCUT2D eigenvalue weighted by Crippen LogP contribution is 2.47. The third kappa shape index (κ3) is 3.73. The molecule has 0 aromatic carbocycles. The minimum atomic E-state index is -0.624. The van der Waals surface area contributed by atoms with E-state index < -0.39 is 11.9 Å². The van der Waals surface area contributed by atoms with E-state index in [1.54, 1.807) is 17.7 Å². The molecule has 2 aromatic heterocycles. The van der Waals surface area contributed by atoms with Gasteiger partial charge in [0, 0.05) is 10.9 Å². The summed E-state index contributed by atoms with van der Waals surface area (Å²) in [4.78, 5) is 25.0. The van der Waals surface area contributed by atoms with Gasteiger partial charge in [0.1, 0.15) is 17.3 Å². The summed E-state index contributed by atoms with van der Waals surface area (Å²) in [5.41, 5.74) is 12.6. The number of amides is 1. The summed E-state index contributed by atoms with van der Waals surface area (Å²) >= 11 is 1.71. The summed E-state index contributed by atoms with van der Waals surface area (Å²) in [6.07, 6.45) is 8.69. The molecule has 0 spiro atoms. The quantitative estimate of drug-likeness (QED) is 0.765. The lowest BCUT2D eigenvalue weighted by Crippen LogP contribution is -2.37. The van der Waals surface area contributed by atoms with E-state index in [2.05, 4.69) is 29.0 Å². The minimum Gasteiger partial charge on any atom is -0.474 e. The Bertz CT molecular complexity index is 860. The van der Waals surface area contributed by atoms with Gasteiger partial charge < -0.3 is 21.1 Å². The molecule has 4 rings (SSSR count). The molecule has 1 amide bonds. The monoisotopic (exact) mass is 403 g/mol. The number of carbonyl (C=O) groups is 1. The SMILES string of the molecule is CN(C)[C@H]1CC[C@H](Oc2ncnc3sc4c(c23)[C@@H](C[C@H](N)C(N)=O)CC4)CC1. The van der Waals surface area contributed by atoms with Crippen LogP contribution in [-0.2, 0) is 11.2 Å². The molecular formula is C20H29N5O2S. The number of hydrogen-bond donors (Lipinski definition) is 2. The average Bonchev–Trinajstić information content (AvgIpc) is 3.22. The molecule has 2 aliphatic rings. The van der Waals surface area contributed by atoms with Gasteiger partial charge in [-0.25, -0.2) is 9.97 Å². The second-order valence-electron chi connectivity index (χ2n) is 8.29. The first kappa shape index (κ1) is 19.5. The summed E-state index contributed by atoms with van der Waals surface area (Å²) in [6.45, 7) is 0. The molecule has 2 aromatic rings. The first-order chi connectivity index (χ1) is 13.4. The molecule has 2 atom stereocenters. The van der Waals surface area contributed by atoms with Gasteiger partial charge in [-0.05, 0) is 70.5 Å². The second kappa shape index (κ2) is 7.93. The van der Waals surface area contributed by atoms with Gasteiger partial charge in [-0.2, -0.15) is 0 Å². The second-order valence-corrected chi connectivity index (χ2v) is 9.37. The number of primary amides is 1. The molecule has 8 heteroatoms. The zero-order chi connectivity index (χ0) is 19.8. The Kier molecular flexibility index (Phi) is 5.53. The minimum absolute atomic E-state index is 0.192. The van der Waals surface area contributed by atoms with E-state index in [9.17, 15) is 4.79 Å². The smallest absolute Gasteiger partial charge is 0.234 e. The lowest BCUT2D eigenvalue weighted by Gasteiger charge is -2.32. The molecule has 2 heterocycles. The van der Waals surface area contributed by atoms with Crippen LogP contribution in [0.25, 0.3) is 10.2 Å². The molecule has 28 heavy (non-hydrogen) atoms. The molecular weight excluding hydrogens is 374 g/mol. The van der Waals surface area contributed by atoms with Crippen LogP contribution in [-0.4, -0.2) is 53.1 Å². The van der Waals surface area contributed by atoms with Gasteiger partial charge in [-0.3, -0.25) is 4.79 Å². The van der Waals surface area contributed by atoms with Crippen molar-refractivity contribution in [2.75, 3.05) is 14.1 Å². The summed E-state index contributed by atoms with van der Waals surface area (Å²) in [6, 6.07) is 0.0107. The van der Waals surface area contributed by atoms with E-state index in [1.165, 1.54) is 10.4 Å². The van der Waals surface area contributed by atoms with Crippen LogP contribution in [0, 0.1) is 0 Å². The van der Waals surface area contributed by atoms with Crippen LogP contribution in [0.15, 0.2) is 6.33 Å². The van der Waals surface area contributed by atoms with Crippen molar-refractivity contribution in [1.82, 2.24) is 14.9 Å². The van der Waals surface area contributed by atoms with Gasteiger partial charge in [0.2, 0.25) is 11.8 Å². The highest BCUT2D eigenvalue weighted by atomic mass is 32.1. The highest BCUT2D eigenvalue weighted by Gasteiger charge is 2.33. The fraction of sp³-hybridized carbons (Fsp3) is 0.650. The predicted molar refractivity (Wildman–Crippen MR) is 111 cm³/mol. The Hall–Kier alpha value is -1.77. The number of aromatic nitrogens is 2. The average molecular weight is 404 g/mol. The standard InChI is InChI=1S/C20H29N5O2S/c1-25(2)12-4-6-13(7-5-12)27-19-17-16-11(9-14(21)18(22)26)3-8-15(16)28-20(17)24-10-23-19/h10-14H,3-9,21H2,1-2H3,(H2,22,26)/t11-,12-,13-,14+/m1/s1.